The number of nitrogens with one attached hydrogen (secondary N) is 1. The highest BCUT2D eigenvalue weighted by Gasteiger charge is 2.47. The van der Waals surface area contributed by atoms with Crippen molar-refractivity contribution in [1.82, 2.24) is 5.32 Å². The molecule has 0 spiro atoms. The Morgan fingerprint density at radius 1 is 0.494 bits per heavy atom. The smallest absolute Gasteiger partial charge is 0.306 e. The van der Waals surface area contributed by atoms with E-state index in [0.717, 1.165) is 128 Å². The zero-order valence-corrected chi connectivity index (χ0v) is 51.1. The predicted octanol–water partition coefficient (Wildman–Crippen LogP) is 15.8. The van der Waals surface area contributed by atoms with Crippen molar-refractivity contribution in [2.75, 3.05) is 13.2 Å². The van der Waals surface area contributed by atoms with Gasteiger partial charge in [-0.2, -0.15) is 0 Å². The lowest BCUT2D eigenvalue weighted by atomic mass is 9.99. The first kappa shape index (κ1) is 75.1. The highest BCUT2D eigenvalue weighted by molar-refractivity contribution is 5.80. The number of rotatable bonds is 53. The zero-order chi connectivity index (χ0) is 58.9. The van der Waals surface area contributed by atoms with E-state index in [2.05, 4.69) is 135 Å². The van der Waals surface area contributed by atoms with Crippen molar-refractivity contribution in [2.45, 2.75) is 294 Å². The summed E-state index contributed by atoms with van der Waals surface area (Å²) >= 11 is 0. The molecule has 0 radical (unpaired) electrons. The van der Waals surface area contributed by atoms with Crippen LogP contribution in [0.25, 0.3) is 0 Å². The lowest BCUT2D eigenvalue weighted by Gasteiger charge is -2.41. The molecule has 81 heavy (non-hydrogen) atoms. The van der Waals surface area contributed by atoms with Crippen molar-refractivity contribution < 1.29 is 49.3 Å². The van der Waals surface area contributed by atoms with Gasteiger partial charge < -0.3 is 45.1 Å². The highest BCUT2D eigenvalue weighted by Crippen LogP contribution is 2.26. The van der Waals surface area contributed by atoms with Crippen LogP contribution < -0.4 is 5.32 Å². The Kier molecular flexibility index (Phi) is 52.4. The van der Waals surface area contributed by atoms with E-state index in [1.807, 2.05) is 6.08 Å². The Hall–Kier alpha value is -3.94. The Labute approximate surface area is 493 Å². The SMILES string of the molecule is CC/C=C\C/C=C\C/C=C\C/C=C\C/C=C\CCCCCCCC(=O)OC1C(OCC(NC(=O)C(O)CCCC/C=C\C/C=C\C/C=C\C/C=C\CCCCC)C(O)/C=C/CCCCCCCCCCCCC)OC(CO)C(O)C1O. The van der Waals surface area contributed by atoms with Crippen molar-refractivity contribution in [3.05, 3.63) is 122 Å². The molecule has 11 heteroatoms. The van der Waals surface area contributed by atoms with Crippen molar-refractivity contribution in [3.8, 4) is 0 Å². The quantitative estimate of drug-likeness (QED) is 0.0195. The van der Waals surface area contributed by atoms with Gasteiger partial charge in [-0.25, -0.2) is 0 Å². The molecule has 6 N–H and O–H groups in total. The molecule has 462 valence electrons. The monoisotopic (exact) mass is 1130 g/mol. The average molecular weight is 1130 g/mol. The summed E-state index contributed by atoms with van der Waals surface area (Å²) in [6.07, 6.45) is 67.9. The first-order valence-electron chi connectivity index (χ1n) is 32.3. The summed E-state index contributed by atoms with van der Waals surface area (Å²) < 4.78 is 17.6. The molecule has 1 aliphatic rings. The van der Waals surface area contributed by atoms with E-state index < -0.39 is 67.4 Å². The third-order valence-electron chi connectivity index (χ3n) is 14.3. The van der Waals surface area contributed by atoms with E-state index in [9.17, 15) is 35.1 Å². The van der Waals surface area contributed by atoms with Gasteiger partial charge in [0.25, 0.3) is 0 Å². The first-order valence-corrected chi connectivity index (χ1v) is 32.3. The maximum Gasteiger partial charge on any atom is 0.306 e. The van der Waals surface area contributed by atoms with E-state index in [0.29, 0.717) is 12.8 Å². The number of aliphatic hydroxyl groups is 5. The third-order valence-corrected chi connectivity index (χ3v) is 14.3. The number of unbranched alkanes of at least 4 members (excludes halogenated alkanes) is 21. The number of aliphatic hydroxyl groups excluding tert-OH is 5. The molecule has 8 unspecified atom stereocenters. The van der Waals surface area contributed by atoms with E-state index in [4.69, 9.17) is 14.2 Å². The fourth-order valence-corrected chi connectivity index (χ4v) is 9.25. The van der Waals surface area contributed by atoms with Gasteiger partial charge in [-0.15, -0.1) is 0 Å². The lowest BCUT2D eigenvalue weighted by molar-refractivity contribution is -0.305. The van der Waals surface area contributed by atoms with Crippen LogP contribution in [0.15, 0.2) is 122 Å². The number of carbonyl (C=O) groups excluding carboxylic acids is 2. The van der Waals surface area contributed by atoms with Crippen LogP contribution in [0.3, 0.4) is 0 Å². The maximum atomic E-state index is 13.4. The molecule has 0 aromatic carbocycles. The van der Waals surface area contributed by atoms with Crippen LogP contribution in [0.2, 0.25) is 0 Å². The lowest BCUT2D eigenvalue weighted by Crippen LogP contribution is -2.61. The number of hydrogen-bond acceptors (Lipinski definition) is 10. The Morgan fingerprint density at radius 2 is 0.889 bits per heavy atom. The Morgan fingerprint density at radius 3 is 1.36 bits per heavy atom. The van der Waals surface area contributed by atoms with Crippen LogP contribution in [0.5, 0.6) is 0 Å². The molecule has 0 bridgehead atoms. The molecule has 0 aromatic rings. The van der Waals surface area contributed by atoms with E-state index in [-0.39, 0.29) is 19.4 Å². The number of allylic oxidation sites excluding steroid dienone is 19. The molecule has 1 heterocycles. The molecule has 0 aromatic heterocycles. The van der Waals surface area contributed by atoms with Gasteiger partial charge in [0.15, 0.2) is 12.4 Å². The molecule has 0 saturated carbocycles. The first-order chi connectivity index (χ1) is 39.7. The van der Waals surface area contributed by atoms with Crippen molar-refractivity contribution in [1.29, 1.82) is 0 Å². The van der Waals surface area contributed by atoms with Gasteiger partial charge in [-0.3, -0.25) is 9.59 Å². The van der Waals surface area contributed by atoms with Crippen molar-refractivity contribution in [3.63, 3.8) is 0 Å². The molecular weight excluding hydrogens is 1010 g/mol. The van der Waals surface area contributed by atoms with Gasteiger partial charge in [0, 0.05) is 6.42 Å². The van der Waals surface area contributed by atoms with Gasteiger partial charge >= 0.3 is 5.97 Å². The average Bonchev–Trinajstić information content (AvgIpc) is 3.53. The number of hydrogen-bond donors (Lipinski definition) is 6. The van der Waals surface area contributed by atoms with Crippen LogP contribution in [0.1, 0.15) is 245 Å². The summed E-state index contributed by atoms with van der Waals surface area (Å²) in [5.74, 6) is -1.25. The fourth-order valence-electron chi connectivity index (χ4n) is 9.25. The summed E-state index contributed by atoms with van der Waals surface area (Å²) in [6, 6.07) is -1.05. The van der Waals surface area contributed by atoms with Crippen LogP contribution >= 0.6 is 0 Å². The zero-order valence-electron chi connectivity index (χ0n) is 51.1. The third kappa shape index (κ3) is 44.3. The molecule has 1 aliphatic heterocycles. The molecule has 0 aliphatic carbocycles. The normalized spacial score (nSPS) is 19.5. The van der Waals surface area contributed by atoms with Crippen molar-refractivity contribution in [2.24, 2.45) is 0 Å². The molecule has 11 nitrogen and oxygen atoms in total. The second kappa shape index (κ2) is 56.5. The Balaban J connectivity index is 2.72. The standard InChI is InChI=1S/C70H117NO10/c1-4-7-10-13-16-19-22-25-27-29-31-32-33-35-37-40-43-46-49-52-55-58-65(75)81-68-67(77)66(76)64(59-72)80-70(68)79-60-61(62(73)56-53-50-47-44-41-38-24-21-18-15-12-9-6-3)71-69(78)63(74)57-54-51-48-45-42-39-36-34-30-28-26-23-20-17-14-11-8-5-2/h7,10,16-17,19-20,25-28,31-32,34-37,42,45,53,56,61-64,66-68,70,72-74,76-77H,4-6,8-9,11-15,18,21-24,29-30,33,38-41,43-44,46-52,54-55,57-60H2,1-3H3,(H,71,78)/b10-7-,19-16-,20-17-,27-25-,28-26-,32-31-,36-34-,37-35-,45-42-,56-53+. The second-order valence-corrected chi connectivity index (χ2v) is 21.8. The van der Waals surface area contributed by atoms with Crippen LogP contribution in [-0.4, -0.2) is 99.6 Å². The molecule has 1 rings (SSSR count). The number of amides is 1. The maximum absolute atomic E-state index is 13.4. The number of carbonyl (C=O) groups is 2. The Bertz CT molecular complexity index is 1780. The van der Waals surface area contributed by atoms with Crippen LogP contribution in [0.4, 0.5) is 0 Å². The molecular formula is C70H117NO10. The van der Waals surface area contributed by atoms with E-state index >= 15 is 0 Å². The summed E-state index contributed by atoms with van der Waals surface area (Å²) in [5, 5.41) is 57.0. The summed E-state index contributed by atoms with van der Waals surface area (Å²) in [4.78, 5) is 26.6. The fraction of sp³-hybridized carbons (Fsp3) is 0.686. The van der Waals surface area contributed by atoms with Gasteiger partial charge in [0.2, 0.25) is 5.91 Å². The van der Waals surface area contributed by atoms with Crippen LogP contribution in [-0.2, 0) is 23.8 Å². The van der Waals surface area contributed by atoms with Gasteiger partial charge in [-0.05, 0) is 116 Å². The summed E-state index contributed by atoms with van der Waals surface area (Å²) in [5.41, 5.74) is 0. The highest BCUT2D eigenvalue weighted by atomic mass is 16.7. The van der Waals surface area contributed by atoms with Gasteiger partial charge in [0.1, 0.15) is 24.4 Å². The van der Waals surface area contributed by atoms with Crippen LogP contribution in [0, 0.1) is 0 Å². The predicted molar refractivity (Wildman–Crippen MR) is 338 cm³/mol. The number of ether oxygens (including phenoxy) is 3. The van der Waals surface area contributed by atoms with E-state index in [1.54, 1.807) is 6.08 Å². The molecule has 1 amide bonds. The van der Waals surface area contributed by atoms with E-state index in [1.165, 1.54) is 70.6 Å². The molecule has 1 saturated heterocycles. The minimum atomic E-state index is -1.64. The minimum absolute atomic E-state index is 0.0903. The van der Waals surface area contributed by atoms with Crippen molar-refractivity contribution >= 4 is 11.9 Å². The van der Waals surface area contributed by atoms with Gasteiger partial charge in [0.05, 0.1) is 25.4 Å². The summed E-state index contributed by atoms with van der Waals surface area (Å²) in [7, 11) is 0. The molecule has 1 fully saturated rings. The molecule has 8 atom stereocenters. The summed E-state index contributed by atoms with van der Waals surface area (Å²) in [6.45, 7) is 5.61. The topological polar surface area (TPSA) is 175 Å². The number of esters is 1. The second-order valence-electron chi connectivity index (χ2n) is 21.8. The largest absolute Gasteiger partial charge is 0.454 e. The van der Waals surface area contributed by atoms with Gasteiger partial charge in [-0.1, -0.05) is 245 Å². The minimum Gasteiger partial charge on any atom is -0.454 e.